The molecule has 0 unspecified atom stereocenters. The zero-order valence-electron chi connectivity index (χ0n) is 20.2. The molecule has 0 atom stereocenters. The summed E-state index contributed by atoms with van der Waals surface area (Å²) in [4.78, 5) is 27.1. The van der Waals surface area contributed by atoms with Crippen LogP contribution in [0.3, 0.4) is 0 Å². The molecule has 1 aliphatic rings. The Morgan fingerprint density at radius 2 is 1.84 bits per heavy atom. The first-order valence-electron chi connectivity index (χ1n) is 11.9. The summed E-state index contributed by atoms with van der Waals surface area (Å²) in [6.45, 7) is 3.96. The first kappa shape index (κ1) is 27.3. The molecule has 2 N–H and O–H groups in total. The molecule has 0 radical (unpaired) electrons. The number of hydrogen-bond donors (Lipinski definition) is 2. The van der Waals surface area contributed by atoms with Crippen molar-refractivity contribution in [2.45, 2.75) is 19.1 Å². The molecule has 1 fully saturated rings. The number of amides is 1. The Balaban J connectivity index is 1.53. The Bertz CT molecular complexity index is 1270. The third-order valence-electron chi connectivity index (χ3n) is 5.80. The van der Waals surface area contributed by atoms with Gasteiger partial charge >= 0.3 is 6.18 Å². The van der Waals surface area contributed by atoms with Gasteiger partial charge in [0.2, 0.25) is 0 Å². The van der Waals surface area contributed by atoms with E-state index >= 15 is 0 Å². The minimum absolute atomic E-state index is 0.0576. The summed E-state index contributed by atoms with van der Waals surface area (Å²) in [5.74, 6) is -2.18. The van der Waals surface area contributed by atoms with Gasteiger partial charge in [-0.1, -0.05) is 6.07 Å². The number of alkyl halides is 3. The Morgan fingerprint density at radius 1 is 1.05 bits per heavy atom. The van der Waals surface area contributed by atoms with Crippen LogP contribution in [0.4, 0.5) is 27.8 Å². The summed E-state index contributed by atoms with van der Waals surface area (Å²) in [5, 5.41) is 5.58. The zero-order chi connectivity index (χ0) is 27.1. The van der Waals surface area contributed by atoms with Gasteiger partial charge in [-0.25, -0.2) is 18.7 Å². The van der Waals surface area contributed by atoms with Crippen LogP contribution in [0.5, 0.6) is 0 Å². The quantitative estimate of drug-likeness (QED) is 0.317. The van der Waals surface area contributed by atoms with Gasteiger partial charge in [0, 0.05) is 61.8 Å². The lowest BCUT2D eigenvalue weighted by Crippen LogP contribution is -2.38. The molecule has 13 heteroatoms. The van der Waals surface area contributed by atoms with E-state index in [9.17, 15) is 26.7 Å². The lowest BCUT2D eigenvalue weighted by molar-refractivity contribution is -0.137. The van der Waals surface area contributed by atoms with E-state index in [1.807, 2.05) is 0 Å². The van der Waals surface area contributed by atoms with Crippen molar-refractivity contribution in [3.63, 3.8) is 0 Å². The number of carbonyl (C=O) groups is 1. The normalized spacial score (nSPS) is 14.3. The van der Waals surface area contributed by atoms with Gasteiger partial charge in [-0.05, 0) is 25.1 Å². The fraction of sp³-hybridized carbons (Fsp3) is 0.360. The maximum Gasteiger partial charge on any atom is 0.417 e. The van der Waals surface area contributed by atoms with E-state index in [0.717, 1.165) is 44.0 Å². The predicted molar refractivity (Wildman–Crippen MR) is 128 cm³/mol. The fourth-order valence-corrected chi connectivity index (χ4v) is 3.77. The summed E-state index contributed by atoms with van der Waals surface area (Å²) in [6, 6.07) is 5.21. The van der Waals surface area contributed by atoms with E-state index in [-0.39, 0.29) is 35.0 Å². The van der Waals surface area contributed by atoms with Gasteiger partial charge in [-0.15, -0.1) is 0 Å². The minimum atomic E-state index is -4.64. The van der Waals surface area contributed by atoms with Gasteiger partial charge < -0.3 is 15.4 Å². The van der Waals surface area contributed by atoms with Crippen molar-refractivity contribution in [3.05, 3.63) is 71.2 Å². The molecule has 2 aromatic heterocycles. The Labute approximate surface area is 215 Å². The number of nitrogens with one attached hydrogen (secondary N) is 2. The second kappa shape index (κ2) is 12.2. The molecular weight excluding hydrogens is 511 g/mol. The van der Waals surface area contributed by atoms with Gasteiger partial charge in [-0.3, -0.25) is 14.7 Å². The first-order chi connectivity index (χ1) is 18.2. The van der Waals surface area contributed by atoms with Crippen LogP contribution in [0, 0.1) is 11.6 Å². The lowest BCUT2D eigenvalue weighted by Gasteiger charge is -2.26. The highest BCUT2D eigenvalue weighted by molar-refractivity contribution is 5.93. The molecule has 0 aliphatic carbocycles. The molecule has 1 amide bonds. The molecule has 8 nitrogen and oxygen atoms in total. The number of nitrogens with zero attached hydrogens (tertiary/aromatic N) is 4. The van der Waals surface area contributed by atoms with E-state index in [4.69, 9.17) is 4.74 Å². The average Bonchev–Trinajstić information content (AvgIpc) is 2.90. The molecule has 1 aliphatic heterocycles. The van der Waals surface area contributed by atoms with Gasteiger partial charge in [0.15, 0.2) is 5.82 Å². The van der Waals surface area contributed by atoms with Gasteiger partial charge in [0.1, 0.15) is 23.1 Å². The third-order valence-corrected chi connectivity index (χ3v) is 5.80. The van der Waals surface area contributed by atoms with Crippen molar-refractivity contribution >= 4 is 11.7 Å². The Hall–Kier alpha value is -3.71. The van der Waals surface area contributed by atoms with E-state index in [1.165, 1.54) is 12.1 Å². The van der Waals surface area contributed by atoms with Crippen LogP contribution < -0.4 is 10.6 Å². The maximum absolute atomic E-state index is 14.1. The summed E-state index contributed by atoms with van der Waals surface area (Å²) in [6.07, 6.45) is -2.14. The first-order valence-corrected chi connectivity index (χ1v) is 11.9. The summed E-state index contributed by atoms with van der Waals surface area (Å²) in [7, 11) is 0. The highest BCUT2D eigenvalue weighted by Crippen LogP contribution is 2.31. The number of pyridine rings is 1. The monoisotopic (exact) mass is 536 g/mol. The molecule has 202 valence electrons. The molecule has 1 saturated heterocycles. The Morgan fingerprint density at radius 3 is 2.58 bits per heavy atom. The number of hydrogen-bond acceptors (Lipinski definition) is 7. The number of benzene rings is 1. The van der Waals surface area contributed by atoms with Crippen LogP contribution in [0.1, 0.15) is 28.0 Å². The zero-order valence-corrected chi connectivity index (χ0v) is 20.2. The Kier molecular flexibility index (Phi) is 8.79. The van der Waals surface area contributed by atoms with Gasteiger partial charge in [0.05, 0.1) is 18.8 Å². The predicted octanol–water partition coefficient (Wildman–Crippen LogP) is 3.90. The van der Waals surface area contributed by atoms with E-state index in [1.54, 1.807) is 0 Å². The van der Waals surface area contributed by atoms with Crippen molar-refractivity contribution in [2.24, 2.45) is 0 Å². The van der Waals surface area contributed by atoms with E-state index < -0.39 is 29.3 Å². The topological polar surface area (TPSA) is 92.3 Å². The molecule has 1 aromatic carbocycles. The van der Waals surface area contributed by atoms with Gasteiger partial charge in [0.25, 0.3) is 5.91 Å². The van der Waals surface area contributed by atoms with Crippen LogP contribution in [0.15, 0.2) is 42.7 Å². The van der Waals surface area contributed by atoms with Crippen molar-refractivity contribution in [1.29, 1.82) is 0 Å². The molecule has 3 aromatic rings. The van der Waals surface area contributed by atoms with Gasteiger partial charge in [-0.2, -0.15) is 13.2 Å². The number of rotatable bonds is 9. The highest BCUT2D eigenvalue weighted by Gasteiger charge is 2.31. The van der Waals surface area contributed by atoms with Crippen LogP contribution in [-0.4, -0.2) is 65.2 Å². The standard InChI is InChI=1S/C25H25F5N6O2/c26-19-3-2-16(20(27)11-19)14-33-22-12-21(24(37)32-4-1-5-36-6-8-38-9-7-36)34-23(35-22)17-10-18(15-31-13-17)25(28,29)30/h2-3,10-13,15H,1,4-9,14H2,(H,32,37)(H,33,34,35). The van der Waals surface area contributed by atoms with Crippen LogP contribution in [-0.2, 0) is 17.5 Å². The highest BCUT2D eigenvalue weighted by atomic mass is 19.4. The van der Waals surface area contributed by atoms with E-state index in [0.29, 0.717) is 32.4 Å². The van der Waals surface area contributed by atoms with Crippen LogP contribution in [0.2, 0.25) is 0 Å². The number of aromatic nitrogens is 3. The molecule has 38 heavy (non-hydrogen) atoms. The number of morpholine rings is 1. The number of halogens is 5. The molecule has 3 heterocycles. The SMILES string of the molecule is O=C(NCCCN1CCOCC1)c1cc(NCc2ccc(F)cc2F)nc(-c2cncc(C(F)(F)F)c2)n1. The van der Waals surface area contributed by atoms with Crippen LogP contribution in [0.25, 0.3) is 11.4 Å². The molecule has 0 bridgehead atoms. The van der Waals surface area contributed by atoms with E-state index in [2.05, 4.69) is 30.5 Å². The second-order valence-corrected chi connectivity index (χ2v) is 8.57. The largest absolute Gasteiger partial charge is 0.417 e. The molecule has 0 saturated carbocycles. The van der Waals surface area contributed by atoms with Crippen molar-refractivity contribution in [1.82, 2.24) is 25.2 Å². The molecule has 4 rings (SSSR count). The summed E-state index contributed by atoms with van der Waals surface area (Å²) >= 11 is 0. The maximum atomic E-state index is 14.1. The fourth-order valence-electron chi connectivity index (χ4n) is 3.77. The third kappa shape index (κ3) is 7.42. The average molecular weight is 537 g/mol. The lowest BCUT2D eigenvalue weighted by atomic mass is 10.2. The summed E-state index contributed by atoms with van der Waals surface area (Å²) in [5.41, 5.74) is -1.03. The number of carbonyl (C=O) groups excluding carboxylic acids is 1. The second-order valence-electron chi connectivity index (χ2n) is 8.57. The van der Waals surface area contributed by atoms with Crippen molar-refractivity contribution in [2.75, 3.05) is 44.7 Å². The van der Waals surface area contributed by atoms with Crippen molar-refractivity contribution < 1.29 is 31.5 Å². The molecular formula is C25H25F5N6O2. The van der Waals surface area contributed by atoms with Crippen molar-refractivity contribution in [3.8, 4) is 11.4 Å². The smallest absolute Gasteiger partial charge is 0.379 e. The number of anilines is 1. The number of ether oxygens (including phenoxy) is 1. The summed E-state index contributed by atoms with van der Waals surface area (Å²) < 4.78 is 72.3. The molecule has 0 spiro atoms. The van der Waals surface area contributed by atoms with Crippen LogP contribution >= 0.6 is 0 Å². The minimum Gasteiger partial charge on any atom is -0.379 e.